The normalized spacial score (nSPS) is 12.1. The van der Waals surface area contributed by atoms with Gasteiger partial charge in [-0.1, -0.05) is 13.8 Å². The number of nitrogens with zero attached hydrogens (tertiary/aromatic N) is 3. The minimum absolute atomic E-state index is 0.111. The lowest BCUT2D eigenvalue weighted by Gasteiger charge is -2.16. The molecule has 19 heavy (non-hydrogen) atoms. The maximum Gasteiger partial charge on any atom is 0.322 e. The SMILES string of the molecule is COC(=O)C(CC(C)C)c1nc(OC)nc(OC)n1. The summed E-state index contributed by atoms with van der Waals surface area (Å²) >= 11 is 0. The molecule has 1 atom stereocenters. The third-order valence-electron chi connectivity index (χ3n) is 2.48. The van der Waals surface area contributed by atoms with Gasteiger partial charge < -0.3 is 14.2 Å². The van der Waals surface area contributed by atoms with Crippen LogP contribution in [0.1, 0.15) is 32.0 Å². The van der Waals surface area contributed by atoms with E-state index in [0.717, 1.165) is 0 Å². The first-order valence-electron chi connectivity index (χ1n) is 5.93. The molecular weight excluding hydrogens is 250 g/mol. The summed E-state index contributed by atoms with van der Waals surface area (Å²) in [5.41, 5.74) is 0. The van der Waals surface area contributed by atoms with E-state index < -0.39 is 5.92 Å². The van der Waals surface area contributed by atoms with Crippen molar-refractivity contribution in [2.24, 2.45) is 5.92 Å². The van der Waals surface area contributed by atoms with Crippen molar-refractivity contribution in [2.45, 2.75) is 26.2 Å². The largest absolute Gasteiger partial charge is 0.468 e. The lowest BCUT2D eigenvalue weighted by Crippen LogP contribution is -2.20. The van der Waals surface area contributed by atoms with Crippen LogP contribution in [0.2, 0.25) is 0 Å². The van der Waals surface area contributed by atoms with Crippen molar-refractivity contribution in [3.05, 3.63) is 5.82 Å². The molecule has 0 aliphatic heterocycles. The number of carbonyl (C=O) groups is 1. The van der Waals surface area contributed by atoms with E-state index in [2.05, 4.69) is 15.0 Å². The molecule has 0 amide bonds. The van der Waals surface area contributed by atoms with E-state index in [1.165, 1.54) is 21.3 Å². The van der Waals surface area contributed by atoms with Crippen LogP contribution in [0.3, 0.4) is 0 Å². The summed E-state index contributed by atoms with van der Waals surface area (Å²) < 4.78 is 14.7. The van der Waals surface area contributed by atoms with Gasteiger partial charge in [0.1, 0.15) is 5.92 Å². The first kappa shape index (κ1) is 15.1. The van der Waals surface area contributed by atoms with E-state index in [1.54, 1.807) is 0 Å². The van der Waals surface area contributed by atoms with Gasteiger partial charge in [-0.3, -0.25) is 4.79 Å². The number of ether oxygens (including phenoxy) is 3. The van der Waals surface area contributed by atoms with Crippen molar-refractivity contribution < 1.29 is 19.0 Å². The molecule has 0 bridgehead atoms. The van der Waals surface area contributed by atoms with Crippen LogP contribution in [-0.2, 0) is 9.53 Å². The van der Waals surface area contributed by atoms with Crippen LogP contribution in [0.15, 0.2) is 0 Å². The van der Waals surface area contributed by atoms with Crippen molar-refractivity contribution in [1.29, 1.82) is 0 Å². The molecule has 0 fully saturated rings. The molecule has 1 aromatic rings. The van der Waals surface area contributed by atoms with E-state index in [4.69, 9.17) is 14.2 Å². The lowest BCUT2D eigenvalue weighted by atomic mass is 9.96. The number of aromatic nitrogens is 3. The Hall–Kier alpha value is -1.92. The molecule has 1 aromatic heterocycles. The molecule has 0 aromatic carbocycles. The molecule has 0 aliphatic rings. The van der Waals surface area contributed by atoms with Crippen molar-refractivity contribution in [3.8, 4) is 12.0 Å². The molecule has 7 nitrogen and oxygen atoms in total. The van der Waals surface area contributed by atoms with Crippen molar-refractivity contribution >= 4 is 5.97 Å². The zero-order valence-corrected chi connectivity index (χ0v) is 11.8. The molecule has 106 valence electrons. The summed E-state index contributed by atoms with van der Waals surface area (Å²) in [6, 6.07) is 0.221. The second-order valence-corrected chi connectivity index (χ2v) is 4.37. The van der Waals surface area contributed by atoms with Crippen LogP contribution in [0.4, 0.5) is 0 Å². The van der Waals surface area contributed by atoms with Crippen molar-refractivity contribution in [2.75, 3.05) is 21.3 Å². The van der Waals surface area contributed by atoms with Gasteiger partial charge in [-0.15, -0.1) is 4.98 Å². The molecule has 0 N–H and O–H groups in total. The van der Waals surface area contributed by atoms with Crippen LogP contribution in [-0.4, -0.2) is 42.3 Å². The standard InChI is InChI=1S/C12H19N3O4/c1-7(2)6-8(10(16)17-3)9-13-11(18-4)15-12(14-9)19-5/h7-8H,6H2,1-5H3. The Morgan fingerprint density at radius 1 is 1.05 bits per heavy atom. The summed E-state index contributed by atoms with van der Waals surface area (Å²) in [5.74, 6) is -0.359. The van der Waals surface area contributed by atoms with E-state index in [9.17, 15) is 4.79 Å². The lowest BCUT2D eigenvalue weighted by molar-refractivity contribution is -0.143. The molecule has 1 unspecified atom stereocenters. The summed E-state index contributed by atoms with van der Waals surface area (Å²) in [5, 5.41) is 0. The number of carbonyl (C=O) groups excluding carboxylic acids is 1. The molecule has 0 saturated heterocycles. The Labute approximate surface area is 112 Å². The van der Waals surface area contributed by atoms with E-state index in [-0.39, 0.29) is 23.9 Å². The summed E-state index contributed by atoms with van der Waals surface area (Å²) in [6.45, 7) is 4.01. The molecular formula is C12H19N3O4. The maximum absolute atomic E-state index is 11.8. The summed E-state index contributed by atoms with van der Waals surface area (Å²) in [6.07, 6.45) is 0.572. The highest BCUT2D eigenvalue weighted by atomic mass is 16.5. The number of hydrogen-bond donors (Lipinski definition) is 0. The Balaban J connectivity index is 3.16. The molecule has 0 aliphatic carbocycles. The van der Waals surface area contributed by atoms with Gasteiger partial charge in [0, 0.05) is 0 Å². The average Bonchev–Trinajstić information content (AvgIpc) is 2.42. The fraction of sp³-hybridized carbons (Fsp3) is 0.667. The molecule has 1 rings (SSSR count). The zero-order valence-electron chi connectivity index (χ0n) is 11.8. The van der Waals surface area contributed by atoms with Crippen LogP contribution in [0, 0.1) is 5.92 Å². The van der Waals surface area contributed by atoms with E-state index in [1.807, 2.05) is 13.8 Å². The van der Waals surface area contributed by atoms with Gasteiger partial charge in [0.2, 0.25) is 0 Å². The predicted molar refractivity (Wildman–Crippen MR) is 67.1 cm³/mol. The maximum atomic E-state index is 11.8. The van der Waals surface area contributed by atoms with Gasteiger partial charge in [0.05, 0.1) is 21.3 Å². The first-order valence-corrected chi connectivity index (χ1v) is 5.93. The third-order valence-corrected chi connectivity index (χ3v) is 2.48. The second kappa shape index (κ2) is 6.86. The minimum Gasteiger partial charge on any atom is -0.468 e. The number of esters is 1. The van der Waals surface area contributed by atoms with Crippen LogP contribution < -0.4 is 9.47 Å². The first-order chi connectivity index (χ1) is 9.01. The van der Waals surface area contributed by atoms with Gasteiger partial charge in [0.25, 0.3) is 0 Å². The van der Waals surface area contributed by atoms with Gasteiger partial charge in [-0.2, -0.15) is 9.97 Å². The molecule has 1 heterocycles. The van der Waals surface area contributed by atoms with Gasteiger partial charge in [0.15, 0.2) is 5.82 Å². The minimum atomic E-state index is -0.559. The van der Waals surface area contributed by atoms with Gasteiger partial charge >= 0.3 is 18.0 Å². The Morgan fingerprint density at radius 3 is 1.95 bits per heavy atom. The predicted octanol–water partition coefficient (Wildman–Crippen LogP) is 1.19. The monoisotopic (exact) mass is 269 g/mol. The average molecular weight is 269 g/mol. The Morgan fingerprint density at radius 2 is 1.58 bits per heavy atom. The van der Waals surface area contributed by atoms with E-state index >= 15 is 0 Å². The quantitative estimate of drug-likeness (QED) is 0.717. The highest BCUT2D eigenvalue weighted by Crippen LogP contribution is 2.24. The Bertz CT molecular complexity index is 415. The van der Waals surface area contributed by atoms with Crippen LogP contribution in [0.25, 0.3) is 0 Å². The highest BCUT2D eigenvalue weighted by Gasteiger charge is 2.27. The van der Waals surface area contributed by atoms with Crippen LogP contribution >= 0.6 is 0 Å². The number of rotatable bonds is 6. The highest BCUT2D eigenvalue weighted by molar-refractivity contribution is 5.76. The zero-order chi connectivity index (χ0) is 14.4. The smallest absolute Gasteiger partial charge is 0.322 e. The van der Waals surface area contributed by atoms with Crippen molar-refractivity contribution in [3.63, 3.8) is 0 Å². The molecule has 0 spiro atoms. The van der Waals surface area contributed by atoms with E-state index in [0.29, 0.717) is 12.2 Å². The molecule has 7 heteroatoms. The molecule has 0 saturated carbocycles. The number of methoxy groups -OCH3 is 3. The fourth-order valence-electron chi connectivity index (χ4n) is 1.61. The number of hydrogen-bond acceptors (Lipinski definition) is 7. The molecule has 0 radical (unpaired) electrons. The van der Waals surface area contributed by atoms with Gasteiger partial charge in [-0.25, -0.2) is 0 Å². The van der Waals surface area contributed by atoms with Crippen LogP contribution in [0.5, 0.6) is 12.0 Å². The van der Waals surface area contributed by atoms with Gasteiger partial charge in [-0.05, 0) is 12.3 Å². The third kappa shape index (κ3) is 4.04. The topological polar surface area (TPSA) is 83.4 Å². The second-order valence-electron chi connectivity index (χ2n) is 4.37. The fourth-order valence-corrected chi connectivity index (χ4v) is 1.61. The van der Waals surface area contributed by atoms with Crippen molar-refractivity contribution in [1.82, 2.24) is 15.0 Å². The Kier molecular flexibility index (Phi) is 5.47. The summed E-state index contributed by atoms with van der Waals surface area (Å²) in [7, 11) is 4.22. The summed E-state index contributed by atoms with van der Waals surface area (Å²) in [4.78, 5) is 23.9.